The van der Waals surface area contributed by atoms with E-state index in [0.29, 0.717) is 16.6 Å². The standard InChI is InChI=1S/C16H15Cl2NOS/c1-11(21-15-9-13(17)7-8-14(15)18)16(20)19-10-12-5-3-2-4-6-12/h2-9,11H,10H2,1H3,(H,19,20). The molecule has 5 heteroatoms. The van der Waals surface area contributed by atoms with Gasteiger partial charge in [-0.25, -0.2) is 0 Å². The van der Waals surface area contributed by atoms with Crippen molar-refractivity contribution in [2.24, 2.45) is 0 Å². The van der Waals surface area contributed by atoms with Crippen LogP contribution in [-0.2, 0) is 11.3 Å². The highest BCUT2D eigenvalue weighted by Gasteiger charge is 2.15. The van der Waals surface area contributed by atoms with E-state index in [9.17, 15) is 4.79 Å². The van der Waals surface area contributed by atoms with Crippen molar-refractivity contribution in [2.45, 2.75) is 23.6 Å². The van der Waals surface area contributed by atoms with Crippen molar-refractivity contribution in [2.75, 3.05) is 0 Å². The van der Waals surface area contributed by atoms with Crippen molar-refractivity contribution in [3.63, 3.8) is 0 Å². The van der Waals surface area contributed by atoms with Crippen molar-refractivity contribution >= 4 is 40.9 Å². The van der Waals surface area contributed by atoms with Gasteiger partial charge in [-0.05, 0) is 30.7 Å². The third-order valence-electron chi connectivity index (χ3n) is 2.88. The summed E-state index contributed by atoms with van der Waals surface area (Å²) >= 11 is 13.5. The third-order valence-corrected chi connectivity index (χ3v) is 4.71. The lowest BCUT2D eigenvalue weighted by atomic mass is 10.2. The first-order chi connectivity index (χ1) is 10.1. The lowest BCUT2D eigenvalue weighted by Crippen LogP contribution is -2.30. The smallest absolute Gasteiger partial charge is 0.233 e. The highest BCUT2D eigenvalue weighted by molar-refractivity contribution is 8.00. The molecule has 0 saturated heterocycles. The summed E-state index contributed by atoms with van der Waals surface area (Å²) in [4.78, 5) is 12.9. The van der Waals surface area contributed by atoms with E-state index in [1.807, 2.05) is 37.3 Å². The van der Waals surface area contributed by atoms with Gasteiger partial charge in [-0.15, -0.1) is 11.8 Å². The van der Waals surface area contributed by atoms with Crippen LogP contribution in [0.3, 0.4) is 0 Å². The Hall–Kier alpha value is -1.16. The molecular formula is C16H15Cl2NOS. The second-order valence-electron chi connectivity index (χ2n) is 4.54. The molecule has 0 saturated carbocycles. The molecule has 110 valence electrons. The SMILES string of the molecule is CC(Sc1cc(Cl)ccc1Cl)C(=O)NCc1ccccc1. The van der Waals surface area contributed by atoms with Crippen LogP contribution in [0, 0.1) is 0 Å². The van der Waals surface area contributed by atoms with Gasteiger partial charge in [-0.2, -0.15) is 0 Å². The van der Waals surface area contributed by atoms with Crippen molar-refractivity contribution in [3.05, 3.63) is 64.1 Å². The Labute approximate surface area is 138 Å². The maximum Gasteiger partial charge on any atom is 0.233 e. The van der Waals surface area contributed by atoms with E-state index in [2.05, 4.69) is 5.32 Å². The Morgan fingerprint density at radius 3 is 2.62 bits per heavy atom. The van der Waals surface area contributed by atoms with E-state index in [4.69, 9.17) is 23.2 Å². The molecule has 1 unspecified atom stereocenters. The fourth-order valence-corrected chi connectivity index (χ4v) is 3.18. The van der Waals surface area contributed by atoms with Gasteiger partial charge in [0.15, 0.2) is 0 Å². The van der Waals surface area contributed by atoms with Gasteiger partial charge in [-0.3, -0.25) is 4.79 Å². The molecule has 2 rings (SSSR count). The van der Waals surface area contributed by atoms with Gasteiger partial charge in [0, 0.05) is 16.5 Å². The molecule has 1 atom stereocenters. The number of hydrogen-bond donors (Lipinski definition) is 1. The van der Waals surface area contributed by atoms with Crippen molar-refractivity contribution < 1.29 is 4.79 Å². The molecule has 0 fully saturated rings. The number of nitrogens with one attached hydrogen (secondary N) is 1. The molecule has 0 aliphatic carbocycles. The van der Waals surface area contributed by atoms with Crippen LogP contribution in [0.4, 0.5) is 0 Å². The van der Waals surface area contributed by atoms with Crippen LogP contribution in [-0.4, -0.2) is 11.2 Å². The first-order valence-corrected chi connectivity index (χ1v) is 8.13. The fourth-order valence-electron chi connectivity index (χ4n) is 1.74. The molecule has 0 aromatic heterocycles. The zero-order chi connectivity index (χ0) is 15.2. The topological polar surface area (TPSA) is 29.1 Å². The summed E-state index contributed by atoms with van der Waals surface area (Å²) in [6, 6.07) is 15.0. The summed E-state index contributed by atoms with van der Waals surface area (Å²) in [6.07, 6.45) is 0. The monoisotopic (exact) mass is 339 g/mol. The van der Waals surface area contributed by atoms with Crippen LogP contribution >= 0.6 is 35.0 Å². The second-order valence-corrected chi connectivity index (χ2v) is 6.76. The zero-order valence-corrected chi connectivity index (χ0v) is 13.8. The van der Waals surface area contributed by atoms with E-state index in [-0.39, 0.29) is 11.2 Å². The summed E-state index contributed by atoms with van der Waals surface area (Å²) in [5.74, 6) is -0.0279. The lowest BCUT2D eigenvalue weighted by Gasteiger charge is -2.13. The highest BCUT2D eigenvalue weighted by atomic mass is 35.5. The first-order valence-electron chi connectivity index (χ1n) is 6.49. The molecule has 0 bridgehead atoms. The Morgan fingerprint density at radius 2 is 1.90 bits per heavy atom. The maximum atomic E-state index is 12.1. The van der Waals surface area contributed by atoms with Crippen LogP contribution in [0.25, 0.3) is 0 Å². The van der Waals surface area contributed by atoms with Crippen molar-refractivity contribution in [1.29, 1.82) is 0 Å². The number of rotatable bonds is 5. The summed E-state index contributed by atoms with van der Waals surface area (Å²) in [5, 5.41) is 3.89. The average Bonchev–Trinajstić information content (AvgIpc) is 2.49. The highest BCUT2D eigenvalue weighted by Crippen LogP contribution is 2.32. The predicted octanol–water partition coefficient (Wildman–Crippen LogP) is 4.79. The van der Waals surface area contributed by atoms with E-state index in [1.54, 1.807) is 18.2 Å². The van der Waals surface area contributed by atoms with E-state index < -0.39 is 0 Å². The van der Waals surface area contributed by atoms with Crippen LogP contribution in [0.1, 0.15) is 12.5 Å². The van der Waals surface area contributed by atoms with E-state index in [1.165, 1.54) is 11.8 Å². The van der Waals surface area contributed by atoms with Gasteiger partial charge in [0.1, 0.15) is 0 Å². The predicted molar refractivity (Wildman–Crippen MR) is 90.1 cm³/mol. The van der Waals surface area contributed by atoms with Gasteiger partial charge in [0.2, 0.25) is 5.91 Å². The summed E-state index contributed by atoms with van der Waals surface area (Å²) < 4.78 is 0. The molecule has 1 N–H and O–H groups in total. The second kappa shape index (κ2) is 7.74. The molecule has 2 aromatic carbocycles. The number of carbonyl (C=O) groups is 1. The largest absolute Gasteiger partial charge is 0.351 e. The summed E-state index contributed by atoms with van der Waals surface area (Å²) in [5.41, 5.74) is 1.07. The van der Waals surface area contributed by atoms with Gasteiger partial charge in [-0.1, -0.05) is 53.5 Å². The molecule has 1 amide bonds. The molecule has 0 heterocycles. The van der Waals surface area contributed by atoms with Crippen LogP contribution < -0.4 is 5.32 Å². The minimum absolute atomic E-state index is 0.0279. The molecule has 2 nitrogen and oxygen atoms in total. The lowest BCUT2D eigenvalue weighted by molar-refractivity contribution is -0.120. The van der Waals surface area contributed by atoms with Crippen LogP contribution in [0.2, 0.25) is 10.0 Å². The molecule has 0 spiro atoms. The number of halogens is 2. The van der Waals surface area contributed by atoms with Crippen molar-refractivity contribution in [1.82, 2.24) is 5.32 Å². The Kier molecular flexibility index (Phi) is 5.97. The van der Waals surface area contributed by atoms with Crippen LogP contribution in [0.15, 0.2) is 53.4 Å². The van der Waals surface area contributed by atoms with Crippen molar-refractivity contribution in [3.8, 4) is 0 Å². The minimum Gasteiger partial charge on any atom is -0.351 e. The normalized spacial score (nSPS) is 12.0. The molecule has 21 heavy (non-hydrogen) atoms. The first kappa shape index (κ1) is 16.2. The fraction of sp³-hybridized carbons (Fsp3) is 0.188. The number of benzene rings is 2. The Bertz CT molecular complexity index is 619. The molecule has 2 aromatic rings. The number of carbonyl (C=O) groups excluding carboxylic acids is 1. The number of hydrogen-bond acceptors (Lipinski definition) is 2. The van der Waals surface area contributed by atoms with Gasteiger partial charge in [0.25, 0.3) is 0 Å². The van der Waals surface area contributed by atoms with E-state index in [0.717, 1.165) is 10.5 Å². The maximum absolute atomic E-state index is 12.1. The minimum atomic E-state index is -0.246. The number of thioether (sulfide) groups is 1. The summed E-state index contributed by atoms with van der Waals surface area (Å²) in [7, 11) is 0. The number of amides is 1. The summed E-state index contributed by atoms with van der Waals surface area (Å²) in [6.45, 7) is 2.37. The molecule has 0 aliphatic rings. The zero-order valence-electron chi connectivity index (χ0n) is 11.5. The van der Waals surface area contributed by atoms with Gasteiger partial charge < -0.3 is 5.32 Å². The Balaban J connectivity index is 1.92. The molecular weight excluding hydrogens is 325 g/mol. The Morgan fingerprint density at radius 1 is 1.19 bits per heavy atom. The average molecular weight is 340 g/mol. The third kappa shape index (κ3) is 4.95. The van der Waals surface area contributed by atoms with Crippen LogP contribution in [0.5, 0.6) is 0 Å². The molecule has 0 radical (unpaired) electrons. The quantitative estimate of drug-likeness (QED) is 0.793. The van der Waals surface area contributed by atoms with Gasteiger partial charge >= 0.3 is 0 Å². The van der Waals surface area contributed by atoms with Gasteiger partial charge in [0.05, 0.1) is 10.3 Å². The molecule has 0 aliphatic heterocycles. The van der Waals surface area contributed by atoms with E-state index >= 15 is 0 Å².